The van der Waals surface area contributed by atoms with Crippen molar-refractivity contribution in [3.05, 3.63) is 77.1 Å². The number of aryl methyl sites for hydroxylation is 3. The minimum absolute atomic E-state index is 0.0357. The topological polar surface area (TPSA) is 67.0 Å². The number of nitrogens with zero attached hydrogens (tertiary/aromatic N) is 1. The van der Waals surface area contributed by atoms with Gasteiger partial charge in [-0.2, -0.15) is 5.10 Å². The van der Waals surface area contributed by atoms with Crippen LogP contribution in [0.15, 0.2) is 54.6 Å². The molecule has 2 N–H and O–H groups in total. The van der Waals surface area contributed by atoms with Gasteiger partial charge in [-0.05, 0) is 43.0 Å². The summed E-state index contributed by atoms with van der Waals surface area (Å²) in [6, 6.07) is 17.7. The van der Waals surface area contributed by atoms with Gasteiger partial charge in [0.2, 0.25) is 5.91 Å². The lowest BCUT2D eigenvalue weighted by Crippen LogP contribution is -2.16. The highest BCUT2D eigenvalue weighted by Crippen LogP contribution is 2.20. The Balaban J connectivity index is 1.63. The van der Waals surface area contributed by atoms with Gasteiger partial charge >= 0.3 is 0 Å². The van der Waals surface area contributed by atoms with Crippen LogP contribution in [0.1, 0.15) is 22.5 Å². The van der Waals surface area contributed by atoms with Gasteiger partial charge in [-0.25, -0.2) is 0 Å². The highest BCUT2D eigenvalue weighted by molar-refractivity contribution is 5.93. The molecule has 0 saturated carbocycles. The van der Waals surface area contributed by atoms with Crippen LogP contribution in [0.25, 0.3) is 0 Å². The lowest BCUT2D eigenvalue weighted by Gasteiger charge is -2.08. The first-order chi connectivity index (χ1) is 12.7. The zero-order valence-electron chi connectivity index (χ0n) is 15.1. The molecular weight excluding hydrogens is 326 g/mol. The van der Waals surface area contributed by atoms with E-state index in [1.165, 1.54) is 5.56 Å². The second kappa shape index (κ2) is 8.34. The SMILES string of the molecule is COc1ccc(CCc2n[nH]c(C)c2NC(=O)Cc2ccccc2)cc1. The highest BCUT2D eigenvalue weighted by atomic mass is 16.5. The second-order valence-corrected chi connectivity index (χ2v) is 6.23. The molecule has 0 bridgehead atoms. The maximum Gasteiger partial charge on any atom is 0.228 e. The van der Waals surface area contributed by atoms with Crippen LogP contribution in [0.4, 0.5) is 5.69 Å². The molecule has 0 radical (unpaired) electrons. The molecule has 0 atom stereocenters. The molecule has 1 heterocycles. The molecule has 0 fully saturated rings. The summed E-state index contributed by atoms with van der Waals surface area (Å²) in [5.74, 6) is 0.810. The van der Waals surface area contributed by atoms with E-state index in [-0.39, 0.29) is 5.91 Å². The van der Waals surface area contributed by atoms with Crippen LogP contribution in [0.3, 0.4) is 0 Å². The molecule has 5 nitrogen and oxygen atoms in total. The Labute approximate surface area is 153 Å². The number of hydrogen-bond acceptors (Lipinski definition) is 3. The largest absolute Gasteiger partial charge is 0.497 e. The fraction of sp³-hybridized carbons (Fsp3) is 0.238. The monoisotopic (exact) mass is 349 g/mol. The summed E-state index contributed by atoms with van der Waals surface area (Å²) in [5.41, 5.74) is 4.73. The molecule has 3 rings (SSSR count). The van der Waals surface area contributed by atoms with Gasteiger partial charge in [0.25, 0.3) is 0 Å². The van der Waals surface area contributed by atoms with Crippen molar-refractivity contribution >= 4 is 11.6 Å². The number of hydrogen-bond donors (Lipinski definition) is 2. The quantitative estimate of drug-likeness (QED) is 0.683. The first-order valence-corrected chi connectivity index (χ1v) is 8.66. The van der Waals surface area contributed by atoms with E-state index in [1.807, 2.05) is 61.5 Å². The standard InChI is InChI=1S/C21H23N3O2/c1-15-21(22-20(25)14-17-6-4-3-5-7-17)19(24-23-15)13-10-16-8-11-18(26-2)12-9-16/h3-9,11-12H,10,13-14H2,1-2H3,(H,22,25)(H,23,24). The van der Waals surface area contributed by atoms with Crippen molar-refractivity contribution in [1.82, 2.24) is 10.2 Å². The van der Waals surface area contributed by atoms with E-state index in [0.717, 1.165) is 41.2 Å². The van der Waals surface area contributed by atoms with Crippen molar-refractivity contribution in [2.45, 2.75) is 26.2 Å². The highest BCUT2D eigenvalue weighted by Gasteiger charge is 2.13. The van der Waals surface area contributed by atoms with E-state index < -0.39 is 0 Å². The summed E-state index contributed by atoms with van der Waals surface area (Å²) in [6.45, 7) is 1.92. The van der Waals surface area contributed by atoms with Gasteiger partial charge < -0.3 is 10.1 Å². The first-order valence-electron chi connectivity index (χ1n) is 8.66. The summed E-state index contributed by atoms with van der Waals surface area (Å²) in [7, 11) is 1.66. The normalized spacial score (nSPS) is 10.5. The average molecular weight is 349 g/mol. The summed E-state index contributed by atoms with van der Waals surface area (Å²) < 4.78 is 5.18. The van der Waals surface area contributed by atoms with Crippen LogP contribution in [0.2, 0.25) is 0 Å². The number of rotatable bonds is 7. The number of amides is 1. The number of ether oxygens (including phenoxy) is 1. The number of benzene rings is 2. The van der Waals surface area contributed by atoms with Crippen molar-refractivity contribution in [1.29, 1.82) is 0 Å². The Morgan fingerprint density at radius 1 is 1.04 bits per heavy atom. The lowest BCUT2D eigenvalue weighted by molar-refractivity contribution is -0.115. The number of carbonyl (C=O) groups excluding carboxylic acids is 1. The van der Waals surface area contributed by atoms with Crippen molar-refractivity contribution in [3.63, 3.8) is 0 Å². The van der Waals surface area contributed by atoms with E-state index in [0.29, 0.717) is 6.42 Å². The van der Waals surface area contributed by atoms with Crippen molar-refractivity contribution in [2.24, 2.45) is 0 Å². The first kappa shape index (κ1) is 17.7. The van der Waals surface area contributed by atoms with Gasteiger partial charge in [0.1, 0.15) is 5.75 Å². The molecule has 2 aromatic carbocycles. The molecule has 26 heavy (non-hydrogen) atoms. The molecule has 5 heteroatoms. The molecule has 0 aliphatic rings. The number of nitrogens with one attached hydrogen (secondary N) is 2. The smallest absolute Gasteiger partial charge is 0.228 e. The fourth-order valence-corrected chi connectivity index (χ4v) is 2.85. The Hall–Kier alpha value is -3.08. The van der Waals surface area contributed by atoms with Crippen LogP contribution in [0, 0.1) is 6.92 Å². The number of aromatic nitrogens is 2. The number of methoxy groups -OCH3 is 1. The van der Waals surface area contributed by atoms with Crippen molar-refractivity contribution < 1.29 is 9.53 Å². The molecule has 134 valence electrons. The molecule has 0 spiro atoms. The molecule has 0 unspecified atom stereocenters. The third-order valence-corrected chi connectivity index (χ3v) is 4.30. The van der Waals surface area contributed by atoms with Crippen molar-refractivity contribution in [3.8, 4) is 5.75 Å². The number of aromatic amines is 1. The number of carbonyl (C=O) groups is 1. The van der Waals surface area contributed by atoms with Gasteiger partial charge in [-0.3, -0.25) is 9.89 Å². The molecule has 0 saturated heterocycles. The molecule has 0 aliphatic carbocycles. The van der Waals surface area contributed by atoms with Crippen molar-refractivity contribution in [2.75, 3.05) is 12.4 Å². The van der Waals surface area contributed by atoms with Gasteiger partial charge in [0.15, 0.2) is 0 Å². The Morgan fingerprint density at radius 2 is 1.77 bits per heavy atom. The van der Waals surface area contributed by atoms with Crippen LogP contribution in [-0.4, -0.2) is 23.2 Å². The summed E-state index contributed by atoms with van der Waals surface area (Å²) in [6.07, 6.45) is 1.94. The van der Waals surface area contributed by atoms with E-state index in [4.69, 9.17) is 4.74 Å². The van der Waals surface area contributed by atoms with E-state index in [1.54, 1.807) is 7.11 Å². The average Bonchev–Trinajstić information content (AvgIpc) is 3.01. The van der Waals surface area contributed by atoms with Gasteiger partial charge in [0, 0.05) is 0 Å². The molecule has 1 amide bonds. The van der Waals surface area contributed by atoms with Crippen LogP contribution >= 0.6 is 0 Å². The fourth-order valence-electron chi connectivity index (χ4n) is 2.85. The van der Waals surface area contributed by atoms with E-state index in [2.05, 4.69) is 15.5 Å². The number of anilines is 1. The van der Waals surface area contributed by atoms with E-state index in [9.17, 15) is 4.79 Å². The Bertz CT molecular complexity index is 855. The Morgan fingerprint density at radius 3 is 2.46 bits per heavy atom. The van der Waals surface area contributed by atoms with Crippen LogP contribution < -0.4 is 10.1 Å². The summed E-state index contributed by atoms with van der Waals surface area (Å²) in [5, 5.41) is 10.3. The Kier molecular flexibility index (Phi) is 5.69. The minimum Gasteiger partial charge on any atom is -0.497 e. The maximum absolute atomic E-state index is 12.4. The van der Waals surface area contributed by atoms with Crippen LogP contribution in [0.5, 0.6) is 5.75 Å². The van der Waals surface area contributed by atoms with Gasteiger partial charge in [-0.1, -0.05) is 42.5 Å². The predicted octanol–water partition coefficient (Wildman–Crippen LogP) is 3.69. The van der Waals surface area contributed by atoms with Gasteiger partial charge in [-0.15, -0.1) is 0 Å². The predicted molar refractivity (Wildman–Crippen MR) is 103 cm³/mol. The van der Waals surface area contributed by atoms with E-state index >= 15 is 0 Å². The third-order valence-electron chi connectivity index (χ3n) is 4.30. The molecular formula is C21H23N3O2. The number of H-pyrrole nitrogens is 1. The zero-order valence-corrected chi connectivity index (χ0v) is 15.1. The summed E-state index contributed by atoms with van der Waals surface area (Å²) in [4.78, 5) is 12.4. The zero-order chi connectivity index (χ0) is 18.4. The van der Waals surface area contributed by atoms with Gasteiger partial charge in [0.05, 0.1) is 30.6 Å². The maximum atomic E-state index is 12.4. The molecule has 1 aromatic heterocycles. The lowest BCUT2D eigenvalue weighted by atomic mass is 10.1. The summed E-state index contributed by atoms with van der Waals surface area (Å²) >= 11 is 0. The third kappa shape index (κ3) is 4.51. The molecule has 3 aromatic rings. The van der Waals surface area contributed by atoms with Crippen LogP contribution in [-0.2, 0) is 24.1 Å². The second-order valence-electron chi connectivity index (χ2n) is 6.23. The minimum atomic E-state index is -0.0357. The molecule has 0 aliphatic heterocycles.